The topological polar surface area (TPSA) is 58.4 Å². The molecule has 0 spiro atoms. The van der Waals surface area contributed by atoms with Crippen molar-refractivity contribution in [3.05, 3.63) is 57.1 Å². The standard InChI is InChI=1S/C20H30N4OS.HI/c1-3-21-20(23-16-17(2)15-18-9-8-14-26-18)22-11-5-7-13-24-12-6-4-10-19(24)25;/h4,6,8-10,12,14,17H,3,5,7,11,13,15-16H2,1-2H3,(H2,21,22,23);1H. The van der Waals surface area contributed by atoms with Crippen LogP contribution in [-0.4, -0.2) is 30.2 Å². The summed E-state index contributed by atoms with van der Waals surface area (Å²) in [6.07, 6.45) is 4.88. The van der Waals surface area contributed by atoms with Gasteiger partial charge in [0.1, 0.15) is 0 Å². The average molecular weight is 502 g/mol. The predicted octanol–water partition coefficient (Wildman–Crippen LogP) is 3.74. The van der Waals surface area contributed by atoms with Crippen LogP contribution in [0, 0.1) is 5.92 Å². The third kappa shape index (κ3) is 9.41. The smallest absolute Gasteiger partial charge is 0.250 e. The summed E-state index contributed by atoms with van der Waals surface area (Å²) in [5.41, 5.74) is 0.0649. The number of aliphatic imine (C=N–C) groups is 1. The summed E-state index contributed by atoms with van der Waals surface area (Å²) in [6, 6.07) is 9.56. The van der Waals surface area contributed by atoms with Crippen LogP contribution >= 0.6 is 35.3 Å². The Kier molecular flexibility index (Phi) is 12.1. The second kappa shape index (κ2) is 13.8. The van der Waals surface area contributed by atoms with Crippen LogP contribution in [0.3, 0.4) is 0 Å². The Hall–Kier alpha value is -1.35. The molecule has 1 atom stereocenters. The van der Waals surface area contributed by atoms with E-state index < -0.39 is 0 Å². The van der Waals surface area contributed by atoms with Gasteiger partial charge in [-0.15, -0.1) is 35.3 Å². The molecule has 0 aliphatic carbocycles. The van der Waals surface area contributed by atoms with Crippen LogP contribution in [0.1, 0.15) is 31.6 Å². The molecular weight excluding hydrogens is 471 g/mol. The number of rotatable bonds is 10. The third-order valence-electron chi connectivity index (χ3n) is 4.05. The van der Waals surface area contributed by atoms with Gasteiger partial charge in [-0.25, -0.2) is 0 Å². The molecule has 0 aliphatic heterocycles. The van der Waals surface area contributed by atoms with E-state index in [1.54, 1.807) is 16.7 Å². The first-order valence-electron chi connectivity index (χ1n) is 9.39. The monoisotopic (exact) mass is 502 g/mol. The van der Waals surface area contributed by atoms with Crippen LogP contribution in [0.4, 0.5) is 0 Å². The number of nitrogens with zero attached hydrogens (tertiary/aromatic N) is 2. The molecule has 0 amide bonds. The summed E-state index contributed by atoms with van der Waals surface area (Å²) in [6.45, 7) is 7.59. The molecule has 2 aromatic rings. The second-order valence-electron chi connectivity index (χ2n) is 6.47. The molecule has 7 heteroatoms. The number of unbranched alkanes of at least 4 members (excludes halogenated alkanes) is 1. The lowest BCUT2D eigenvalue weighted by atomic mass is 10.1. The maximum Gasteiger partial charge on any atom is 0.250 e. The van der Waals surface area contributed by atoms with E-state index in [1.807, 2.05) is 23.6 Å². The Morgan fingerprint density at radius 2 is 2.07 bits per heavy atom. The number of halogens is 1. The highest BCUT2D eigenvalue weighted by atomic mass is 127. The van der Waals surface area contributed by atoms with Gasteiger partial charge in [0, 0.05) is 43.3 Å². The van der Waals surface area contributed by atoms with Crippen LogP contribution in [0.25, 0.3) is 0 Å². The largest absolute Gasteiger partial charge is 0.357 e. The van der Waals surface area contributed by atoms with Gasteiger partial charge >= 0.3 is 0 Å². The van der Waals surface area contributed by atoms with Crippen LogP contribution in [-0.2, 0) is 13.0 Å². The van der Waals surface area contributed by atoms with Gasteiger partial charge in [0.25, 0.3) is 0 Å². The van der Waals surface area contributed by atoms with Gasteiger partial charge in [0.15, 0.2) is 5.96 Å². The molecule has 1 unspecified atom stereocenters. The molecule has 150 valence electrons. The molecule has 0 fully saturated rings. The van der Waals surface area contributed by atoms with Crippen LogP contribution in [0.15, 0.2) is 51.7 Å². The van der Waals surface area contributed by atoms with E-state index in [9.17, 15) is 4.79 Å². The normalized spacial score (nSPS) is 12.3. The lowest BCUT2D eigenvalue weighted by Gasteiger charge is -2.13. The van der Waals surface area contributed by atoms with Gasteiger partial charge < -0.3 is 15.2 Å². The molecular formula is C20H31IN4OS. The van der Waals surface area contributed by atoms with Crippen molar-refractivity contribution >= 4 is 41.3 Å². The van der Waals surface area contributed by atoms with Crippen LogP contribution in [0.2, 0.25) is 0 Å². The number of aryl methyl sites for hydroxylation is 1. The molecule has 0 aliphatic rings. The number of nitrogens with one attached hydrogen (secondary N) is 2. The third-order valence-corrected chi connectivity index (χ3v) is 4.95. The van der Waals surface area contributed by atoms with E-state index in [-0.39, 0.29) is 29.5 Å². The fourth-order valence-electron chi connectivity index (χ4n) is 2.68. The first kappa shape index (κ1) is 23.7. The molecule has 2 heterocycles. The highest BCUT2D eigenvalue weighted by molar-refractivity contribution is 14.0. The first-order valence-corrected chi connectivity index (χ1v) is 10.3. The Morgan fingerprint density at radius 3 is 2.78 bits per heavy atom. The maximum absolute atomic E-state index is 11.7. The summed E-state index contributed by atoms with van der Waals surface area (Å²) < 4.78 is 1.76. The number of hydrogen-bond donors (Lipinski definition) is 2. The SMILES string of the molecule is CCNC(=NCC(C)Cc1cccs1)NCCCCn1ccccc1=O.I. The van der Waals surface area contributed by atoms with Crippen molar-refractivity contribution in [2.75, 3.05) is 19.6 Å². The molecule has 2 aromatic heterocycles. The molecule has 27 heavy (non-hydrogen) atoms. The molecule has 0 saturated heterocycles. The lowest BCUT2D eigenvalue weighted by Crippen LogP contribution is -2.38. The molecule has 5 nitrogen and oxygen atoms in total. The first-order chi connectivity index (χ1) is 12.7. The van der Waals surface area contributed by atoms with Crippen molar-refractivity contribution in [1.82, 2.24) is 15.2 Å². The average Bonchev–Trinajstić information content (AvgIpc) is 3.13. The fourth-order valence-corrected chi connectivity index (χ4v) is 3.55. The van der Waals surface area contributed by atoms with Crippen molar-refractivity contribution in [3.8, 4) is 0 Å². The second-order valence-corrected chi connectivity index (χ2v) is 7.51. The molecule has 2 N–H and O–H groups in total. The minimum atomic E-state index is 0. The Labute approximate surface area is 183 Å². The summed E-state index contributed by atoms with van der Waals surface area (Å²) >= 11 is 1.81. The number of thiophene rings is 1. The minimum absolute atomic E-state index is 0. The van der Waals surface area contributed by atoms with Gasteiger partial charge in [-0.2, -0.15) is 0 Å². The van der Waals surface area contributed by atoms with Crippen LogP contribution in [0.5, 0.6) is 0 Å². The number of aromatic nitrogens is 1. The van der Waals surface area contributed by atoms with Crippen molar-refractivity contribution in [1.29, 1.82) is 0 Å². The van der Waals surface area contributed by atoms with Crippen LogP contribution < -0.4 is 16.2 Å². The molecule has 2 rings (SSSR count). The molecule has 0 bridgehead atoms. The zero-order chi connectivity index (χ0) is 18.6. The Morgan fingerprint density at radius 1 is 1.22 bits per heavy atom. The van der Waals surface area contributed by atoms with Gasteiger partial charge in [-0.3, -0.25) is 9.79 Å². The van der Waals surface area contributed by atoms with E-state index >= 15 is 0 Å². The summed E-state index contributed by atoms with van der Waals surface area (Å²) in [5, 5.41) is 8.82. The van der Waals surface area contributed by atoms with E-state index in [4.69, 9.17) is 4.99 Å². The van der Waals surface area contributed by atoms with Gasteiger partial charge in [0.2, 0.25) is 5.56 Å². The van der Waals surface area contributed by atoms with Crippen molar-refractivity contribution in [3.63, 3.8) is 0 Å². The van der Waals surface area contributed by atoms with E-state index in [0.29, 0.717) is 5.92 Å². The quantitative estimate of drug-likeness (QED) is 0.225. The van der Waals surface area contributed by atoms with E-state index in [0.717, 1.165) is 51.4 Å². The highest BCUT2D eigenvalue weighted by Gasteiger charge is 2.05. The van der Waals surface area contributed by atoms with Gasteiger partial charge in [-0.05, 0) is 49.6 Å². The molecule has 0 radical (unpaired) electrons. The summed E-state index contributed by atoms with van der Waals surface area (Å²) in [4.78, 5) is 17.8. The number of guanidine groups is 1. The zero-order valence-electron chi connectivity index (χ0n) is 16.2. The van der Waals surface area contributed by atoms with Crippen molar-refractivity contribution in [2.45, 2.75) is 39.7 Å². The van der Waals surface area contributed by atoms with E-state index in [2.05, 4.69) is 42.0 Å². The molecule has 0 saturated carbocycles. The van der Waals surface area contributed by atoms with Crippen molar-refractivity contribution < 1.29 is 0 Å². The summed E-state index contributed by atoms with van der Waals surface area (Å²) in [5.74, 6) is 1.40. The zero-order valence-corrected chi connectivity index (χ0v) is 19.3. The lowest BCUT2D eigenvalue weighted by molar-refractivity contribution is 0.579. The minimum Gasteiger partial charge on any atom is -0.357 e. The van der Waals surface area contributed by atoms with Gasteiger partial charge in [-0.1, -0.05) is 19.1 Å². The Balaban J connectivity index is 0.00000364. The predicted molar refractivity (Wildman–Crippen MR) is 127 cm³/mol. The highest BCUT2D eigenvalue weighted by Crippen LogP contribution is 2.14. The van der Waals surface area contributed by atoms with Gasteiger partial charge in [0.05, 0.1) is 0 Å². The maximum atomic E-state index is 11.7. The van der Waals surface area contributed by atoms with E-state index in [1.165, 1.54) is 4.88 Å². The summed E-state index contributed by atoms with van der Waals surface area (Å²) in [7, 11) is 0. The molecule has 0 aromatic carbocycles. The number of pyridine rings is 1. The Bertz CT molecular complexity index is 715. The number of hydrogen-bond acceptors (Lipinski definition) is 3. The van der Waals surface area contributed by atoms with Crippen molar-refractivity contribution in [2.24, 2.45) is 10.9 Å². The fraction of sp³-hybridized carbons (Fsp3) is 0.500.